The standard InChI is InChI=1S/C14H20N2O5/c1-10(11-4-3-5-13(8-11)16(19)20)14(18)15-12(6-7-17)9-21-2/h3-5,8,10,12,17H,6-7,9H2,1-2H3,(H,15,18). The molecule has 1 aromatic rings. The zero-order chi connectivity index (χ0) is 15.8. The van der Waals surface area contributed by atoms with E-state index in [0.717, 1.165) is 0 Å². The van der Waals surface area contributed by atoms with Crippen molar-refractivity contribution in [1.82, 2.24) is 5.32 Å². The number of ether oxygens (including phenoxy) is 1. The summed E-state index contributed by atoms with van der Waals surface area (Å²) in [5.41, 5.74) is 0.526. The van der Waals surface area contributed by atoms with E-state index in [0.29, 0.717) is 18.6 Å². The number of benzene rings is 1. The molecule has 2 N–H and O–H groups in total. The van der Waals surface area contributed by atoms with Crippen LogP contribution in [-0.4, -0.2) is 42.3 Å². The molecule has 0 heterocycles. The molecule has 1 rings (SSSR count). The molecule has 116 valence electrons. The van der Waals surface area contributed by atoms with Crippen molar-refractivity contribution in [2.24, 2.45) is 0 Å². The van der Waals surface area contributed by atoms with Gasteiger partial charge in [0.2, 0.25) is 5.91 Å². The van der Waals surface area contributed by atoms with Gasteiger partial charge in [0.15, 0.2) is 0 Å². The molecule has 0 radical (unpaired) electrons. The second kappa shape index (κ2) is 8.33. The lowest BCUT2D eigenvalue weighted by molar-refractivity contribution is -0.384. The summed E-state index contributed by atoms with van der Waals surface area (Å²) in [5, 5.41) is 22.5. The fourth-order valence-electron chi connectivity index (χ4n) is 1.94. The van der Waals surface area contributed by atoms with E-state index >= 15 is 0 Å². The summed E-state index contributed by atoms with van der Waals surface area (Å²) in [6.07, 6.45) is 0.390. The van der Waals surface area contributed by atoms with Crippen LogP contribution in [0.25, 0.3) is 0 Å². The lowest BCUT2D eigenvalue weighted by Gasteiger charge is -2.20. The molecule has 0 aliphatic heterocycles. The molecule has 1 aromatic carbocycles. The average molecular weight is 296 g/mol. The molecule has 0 fully saturated rings. The zero-order valence-electron chi connectivity index (χ0n) is 12.1. The molecule has 2 atom stereocenters. The number of carbonyl (C=O) groups excluding carboxylic acids is 1. The van der Waals surface area contributed by atoms with Crippen LogP contribution in [0.3, 0.4) is 0 Å². The summed E-state index contributed by atoms with van der Waals surface area (Å²) in [6, 6.07) is 5.72. The predicted octanol–water partition coefficient (Wildman–Crippen LogP) is 1.21. The molecule has 0 spiro atoms. The first kappa shape index (κ1) is 17.1. The van der Waals surface area contributed by atoms with Crippen LogP contribution in [0.4, 0.5) is 5.69 Å². The largest absolute Gasteiger partial charge is 0.396 e. The Labute approximate surface area is 123 Å². The first-order valence-electron chi connectivity index (χ1n) is 6.64. The number of nitrogens with zero attached hydrogens (tertiary/aromatic N) is 1. The third-order valence-corrected chi connectivity index (χ3v) is 3.17. The molecule has 7 heteroatoms. The Kier molecular flexibility index (Phi) is 6.77. The summed E-state index contributed by atoms with van der Waals surface area (Å²) in [6.45, 7) is 1.92. The Morgan fingerprint density at radius 1 is 1.52 bits per heavy atom. The van der Waals surface area contributed by atoms with Gasteiger partial charge in [0.25, 0.3) is 5.69 Å². The van der Waals surface area contributed by atoms with Crippen molar-refractivity contribution >= 4 is 11.6 Å². The highest BCUT2D eigenvalue weighted by Gasteiger charge is 2.20. The van der Waals surface area contributed by atoms with Gasteiger partial charge < -0.3 is 15.2 Å². The number of amides is 1. The number of methoxy groups -OCH3 is 1. The minimum atomic E-state index is -0.525. The van der Waals surface area contributed by atoms with Crippen molar-refractivity contribution in [3.8, 4) is 0 Å². The van der Waals surface area contributed by atoms with Crippen molar-refractivity contribution in [2.45, 2.75) is 25.3 Å². The minimum absolute atomic E-state index is 0.0454. The number of hydrogen-bond donors (Lipinski definition) is 2. The molecule has 0 aliphatic rings. The molecule has 7 nitrogen and oxygen atoms in total. The number of aliphatic hydroxyl groups is 1. The van der Waals surface area contributed by atoms with Gasteiger partial charge in [-0.25, -0.2) is 0 Å². The van der Waals surface area contributed by atoms with Crippen LogP contribution in [-0.2, 0) is 9.53 Å². The molecular formula is C14H20N2O5. The van der Waals surface area contributed by atoms with Crippen molar-refractivity contribution in [1.29, 1.82) is 0 Å². The Balaban J connectivity index is 2.77. The van der Waals surface area contributed by atoms with E-state index in [1.807, 2.05) is 0 Å². The lowest BCUT2D eigenvalue weighted by Crippen LogP contribution is -2.40. The highest BCUT2D eigenvalue weighted by molar-refractivity contribution is 5.83. The summed E-state index contributed by atoms with van der Waals surface area (Å²) in [4.78, 5) is 22.4. The smallest absolute Gasteiger partial charge is 0.269 e. The lowest BCUT2D eigenvalue weighted by atomic mass is 9.99. The third-order valence-electron chi connectivity index (χ3n) is 3.17. The highest BCUT2D eigenvalue weighted by atomic mass is 16.6. The molecule has 0 saturated carbocycles. The number of aliphatic hydroxyl groups excluding tert-OH is 1. The maximum Gasteiger partial charge on any atom is 0.269 e. The number of nitro groups is 1. The summed E-state index contributed by atoms with van der Waals surface area (Å²) >= 11 is 0. The quantitative estimate of drug-likeness (QED) is 0.554. The molecule has 0 aromatic heterocycles. The fraction of sp³-hybridized carbons (Fsp3) is 0.500. The number of carbonyl (C=O) groups is 1. The minimum Gasteiger partial charge on any atom is -0.396 e. The van der Waals surface area contributed by atoms with Gasteiger partial charge in [-0.15, -0.1) is 0 Å². The Bertz CT molecular complexity index is 486. The topological polar surface area (TPSA) is 102 Å². The zero-order valence-corrected chi connectivity index (χ0v) is 12.1. The van der Waals surface area contributed by atoms with E-state index in [9.17, 15) is 14.9 Å². The van der Waals surface area contributed by atoms with Crippen molar-refractivity contribution in [2.75, 3.05) is 20.3 Å². The molecule has 0 saturated heterocycles. The number of non-ortho nitro benzene ring substituents is 1. The van der Waals surface area contributed by atoms with Gasteiger partial charge in [-0.05, 0) is 18.9 Å². The van der Waals surface area contributed by atoms with Gasteiger partial charge in [-0.2, -0.15) is 0 Å². The van der Waals surface area contributed by atoms with Gasteiger partial charge in [-0.1, -0.05) is 12.1 Å². The summed E-state index contributed by atoms with van der Waals surface area (Å²) in [7, 11) is 1.51. The summed E-state index contributed by atoms with van der Waals surface area (Å²) in [5.74, 6) is -0.783. The van der Waals surface area contributed by atoms with E-state index in [1.54, 1.807) is 19.1 Å². The molecule has 21 heavy (non-hydrogen) atoms. The van der Waals surface area contributed by atoms with Crippen LogP contribution >= 0.6 is 0 Å². The van der Waals surface area contributed by atoms with Crippen LogP contribution < -0.4 is 5.32 Å². The second-order valence-electron chi connectivity index (χ2n) is 4.75. The summed E-state index contributed by atoms with van der Waals surface area (Å²) < 4.78 is 4.98. The van der Waals surface area contributed by atoms with E-state index in [1.165, 1.54) is 19.2 Å². The Morgan fingerprint density at radius 2 is 2.24 bits per heavy atom. The first-order chi connectivity index (χ1) is 9.99. The maximum absolute atomic E-state index is 12.2. The SMILES string of the molecule is COCC(CCO)NC(=O)C(C)c1cccc([N+](=O)[O-])c1. The van der Waals surface area contributed by atoms with E-state index < -0.39 is 10.8 Å². The van der Waals surface area contributed by atoms with E-state index in [-0.39, 0.29) is 24.2 Å². The monoisotopic (exact) mass is 296 g/mol. The molecule has 2 unspecified atom stereocenters. The van der Waals surface area contributed by atoms with Crippen LogP contribution in [0.5, 0.6) is 0 Å². The van der Waals surface area contributed by atoms with Crippen molar-refractivity contribution < 1.29 is 19.6 Å². The second-order valence-corrected chi connectivity index (χ2v) is 4.75. The van der Waals surface area contributed by atoms with Crippen molar-refractivity contribution in [3.05, 3.63) is 39.9 Å². The number of hydrogen-bond acceptors (Lipinski definition) is 5. The van der Waals surface area contributed by atoms with Crippen LogP contribution in [0.1, 0.15) is 24.8 Å². The van der Waals surface area contributed by atoms with Crippen LogP contribution in [0, 0.1) is 10.1 Å². The van der Waals surface area contributed by atoms with Crippen LogP contribution in [0.2, 0.25) is 0 Å². The van der Waals surface area contributed by atoms with Gasteiger partial charge in [0.05, 0.1) is 23.5 Å². The van der Waals surface area contributed by atoms with Crippen LogP contribution in [0.15, 0.2) is 24.3 Å². The molecule has 0 bridgehead atoms. The Hall–Kier alpha value is -1.99. The molecule has 1 amide bonds. The molecule has 0 aliphatic carbocycles. The average Bonchev–Trinajstić information content (AvgIpc) is 2.47. The van der Waals surface area contributed by atoms with E-state index in [4.69, 9.17) is 9.84 Å². The Morgan fingerprint density at radius 3 is 2.81 bits per heavy atom. The molecular weight excluding hydrogens is 276 g/mol. The van der Waals surface area contributed by atoms with E-state index in [2.05, 4.69) is 5.32 Å². The van der Waals surface area contributed by atoms with Gasteiger partial charge in [0, 0.05) is 25.8 Å². The van der Waals surface area contributed by atoms with Gasteiger partial charge >= 0.3 is 0 Å². The number of nitro benzene ring substituents is 1. The first-order valence-corrected chi connectivity index (χ1v) is 6.64. The van der Waals surface area contributed by atoms with Gasteiger partial charge in [0.1, 0.15) is 0 Å². The predicted molar refractivity (Wildman–Crippen MR) is 77.0 cm³/mol. The normalized spacial score (nSPS) is 13.5. The highest BCUT2D eigenvalue weighted by Crippen LogP contribution is 2.21. The number of nitrogens with one attached hydrogen (secondary N) is 1. The van der Waals surface area contributed by atoms with Gasteiger partial charge in [-0.3, -0.25) is 14.9 Å². The third kappa shape index (κ3) is 5.13. The maximum atomic E-state index is 12.2. The number of rotatable bonds is 8. The van der Waals surface area contributed by atoms with Crippen molar-refractivity contribution in [3.63, 3.8) is 0 Å². The fourth-order valence-corrected chi connectivity index (χ4v) is 1.94.